The van der Waals surface area contributed by atoms with Gasteiger partial charge in [0, 0.05) is 86.5 Å². The summed E-state index contributed by atoms with van der Waals surface area (Å²) in [5.41, 5.74) is -2.86. The van der Waals surface area contributed by atoms with E-state index in [9.17, 15) is 18.4 Å². The highest BCUT2D eigenvalue weighted by Crippen LogP contribution is 2.36. The van der Waals surface area contributed by atoms with Crippen molar-refractivity contribution in [1.29, 1.82) is 15.8 Å². The van der Waals surface area contributed by atoms with Crippen LogP contribution in [0.4, 0.5) is 30.6 Å². The second kappa shape index (κ2) is 26.8. The number of rotatable bonds is 12. The first-order valence-corrected chi connectivity index (χ1v) is 27.2. The minimum atomic E-state index is -2.97. The molecule has 0 radical (unpaired) electrons. The van der Waals surface area contributed by atoms with Crippen molar-refractivity contribution in [2.24, 2.45) is 0 Å². The fourth-order valence-corrected chi connectivity index (χ4v) is 10.8. The number of nitriles is 3. The molecule has 3 atom stereocenters. The maximum atomic E-state index is 14.2. The van der Waals surface area contributed by atoms with Crippen molar-refractivity contribution in [1.82, 2.24) is 44.6 Å². The maximum Gasteiger partial charge on any atom is 0.162 e. The molecule has 0 aliphatic carbocycles. The number of aromatic nitrogens is 6. The normalized spacial score (nSPS) is 23.9. The highest BCUT2D eigenvalue weighted by molar-refractivity contribution is 7.24. The second-order valence-corrected chi connectivity index (χ2v) is 21.7. The van der Waals surface area contributed by atoms with Gasteiger partial charge in [0.05, 0.1) is 80.9 Å². The van der Waals surface area contributed by atoms with Gasteiger partial charge in [-0.25, -0.2) is 43.1 Å². The number of halogens is 6. The molecule has 3 saturated heterocycles. The number of likely N-dealkylation sites (tertiary alicyclic amines) is 3. The van der Waals surface area contributed by atoms with Gasteiger partial charge < -0.3 is 15.9 Å². The van der Waals surface area contributed by atoms with Gasteiger partial charge in [0.1, 0.15) is 73.4 Å². The van der Waals surface area contributed by atoms with E-state index in [1.807, 2.05) is 0 Å². The molecule has 0 amide bonds. The van der Waals surface area contributed by atoms with Crippen LogP contribution in [0.2, 0.25) is 17.2 Å². The third kappa shape index (κ3) is 14.8. The lowest BCUT2D eigenvalue weighted by molar-refractivity contribution is 0.211. The first-order valence-electron chi connectivity index (χ1n) is 36.7. The van der Waals surface area contributed by atoms with Crippen molar-refractivity contribution in [3.05, 3.63) is 155 Å². The largest absolute Gasteiger partial charge is 0.366 e. The van der Waals surface area contributed by atoms with Crippen molar-refractivity contribution in [2.45, 2.75) is 76.0 Å². The van der Waals surface area contributed by atoms with Gasteiger partial charge >= 0.3 is 0 Å². The Bertz CT molecular complexity index is 5180. The van der Waals surface area contributed by atoms with E-state index in [2.05, 4.69) is 29.9 Å². The van der Waals surface area contributed by atoms with Crippen LogP contribution in [0.3, 0.4) is 0 Å². The lowest BCUT2D eigenvalue weighted by Gasteiger charge is -2.32. The number of thiophene rings is 3. The lowest BCUT2D eigenvalue weighted by Crippen LogP contribution is -2.38. The summed E-state index contributed by atoms with van der Waals surface area (Å²) in [6.07, 6.45) is -3.73. The summed E-state index contributed by atoms with van der Waals surface area (Å²) in [5, 5.41) is 29.6. The van der Waals surface area contributed by atoms with Crippen LogP contribution in [0.5, 0.6) is 0 Å². The van der Waals surface area contributed by atoms with Gasteiger partial charge in [-0.3, -0.25) is 14.7 Å². The fourth-order valence-electron chi connectivity index (χ4n) is 7.75. The summed E-state index contributed by atoms with van der Waals surface area (Å²) in [5.74, 6) is -4.13. The van der Waals surface area contributed by atoms with Gasteiger partial charge in [-0.2, -0.15) is 15.8 Å². The van der Waals surface area contributed by atoms with Crippen LogP contribution < -0.4 is 15.9 Å². The minimum absolute atomic E-state index is 0.00858. The van der Waals surface area contributed by atoms with E-state index in [0.717, 1.165) is 55.9 Å². The first kappa shape index (κ1) is 33.3. The number of anilines is 3. The zero-order valence-corrected chi connectivity index (χ0v) is 45.9. The Morgan fingerprint density at radius 1 is 0.531 bits per heavy atom. The molecule has 3 unspecified atom stereocenters. The standard InChI is InChI=1S/3C19H17ClFN5S/c3*20-17-8-16-18(27-17)19(24-11-23-16)25-14-3-5-26(6-4-14)10-12-1-2-15(21)13(7-12)9-22/h3*1-2,7-8,11,14H,3-6,10H2,(H,23,24,25)/i1D,2D,3D2,4D2,7D,8D,10D,14D;1D,2D,7D,8D,10D,11D,14D;1D,2D,7D,8D,10D,14D/hD3. The summed E-state index contributed by atoms with van der Waals surface area (Å²) in [6, 6.07) is -8.53. The van der Waals surface area contributed by atoms with Crippen molar-refractivity contribution in [3.63, 3.8) is 0 Å². The average molecular weight is 1230 g/mol. The molecular formula is C57H51Cl3F3N15S3. The molecule has 3 N–H and O–H groups in total. The Morgan fingerprint density at radius 3 is 1.26 bits per heavy atom. The van der Waals surface area contributed by atoms with Crippen LogP contribution in [-0.2, 0) is 19.6 Å². The zero-order valence-electron chi connectivity index (χ0n) is 67.2. The molecule has 3 fully saturated rings. The second-order valence-electron chi connectivity index (χ2n) is 16.9. The van der Waals surface area contributed by atoms with Crippen LogP contribution in [0, 0.1) is 51.4 Å². The monoisotopic (exact) mass is 1230 g/mol. The summed E-state index contributed by atoms with van der Waals surface area (Å²) in [7, 11) is 0. The van der Waals surface area contributed by atoms with Crippen molar-refractivity contribution in [3.8, 4) is 18.2 Å². The number of nitrogens with zero attached hydrogens (tertiary/aromatic N) is 12. The summed E-state index contributed by atoms with van der Waals surface area (Å²) in [4.78, 5) is 27.9. The molecule has 9 aromatic rings. The van der Waals surface area contributed by atoms with Crippen molar-refractivity contribution >= 4 is 117 Å². The molecule has 6 aromatic heterocycles. The molecule has 24 heteroatoms. The Hall–Kier alpha value is -6.81. The molecule has 15 nitrogen and oxygen atoms in total. The summed E-state index contributed by atoms with van der Waals surface area (Å²) < 4.78 is 260. The molecule has 3 aliphatic rings. The SMILES string of the molecule is [2H]c1c([2H])c(C([2H])N2CC([2H])([2H])C([2H])(N([2H])c3ncnc4c([2H])c(Cl)sc34)C([2H])([2H])C2)c([2H])c(C#N)c1F.[2H]c1c([2H])c(C([2H])N2CCC([2H])(N([2H])c3ncnc4c([2H])c(Cl)sc34)CC2)c([2H])c(C#N)c1F.[2H]c1nc(N([2H])C2([2H])CCN(C([2H])c3c([2H])c([2H])c(F)c(C#N)c3[2H])CC2)c2sc(Cl)c([2H])c2n1. The average Bonchev–Trinajstić information content (AvgIpc) is 0.861. The number of benzene rings is 3. The highest BCUT2D eigenvalue weighted by atomic mass is 35.5. The minimum Gasteiger partial charge on any atom is -0.366 e. The number of hydrogen-bond acceptors (Lipinski definition) is 18. The quantitative estimate of drug-likeness (QED) is 0.104. The van der Waals surface area contributed by atoms with E-state index in [1.54, 1.807) is 4.90 Å². The molecule has 0 spiro atoms. The lowest BCUT2D eigenvalue weighted by atomic mass is 10.0. The van der Waals surface area contributed by atoms with Crippen molar-refractivity contribution in [2.75, 3.05) is 55.2 Å². The van der Waals surface area contributed by atoms with Gasteiger partial charge in [0.25, 0.3) is 0 Å². The van der Waals surface area contributed by atoms with Crippen LogP contribution >= 0.6 is 68.8 Å². The summed E-state index contributed by atoms with van der Waals surface area (Å²) in [6.45, 7) is -5.74. The number of fused-ring (bicyclic) bond motifs is 3. The highest BCUT2D eigenvalue weighted by Gasteiger charge is 2.25. The Morgan fingerprint density at radius 2 is 0.877 bits per heavy atom. The predicted molar refractivity (Wildman–Crippen MR) is 316 cm³/mol. The van der Waals surface area contributed by atoms with E-state index in [1.165, 1.54) is 29.4 Å². The van der Waals surface area contributed by atoms with Crippen LogP contribution in [0.25, 0.3) is 30.6 Å². The van der Waals surface area contributed by atoms with E-state index in [0.29, 0.717) is 14.9 Å². The van der Waals surface area contributed by atoms with E-state index in [4.69, 9.17) is 81.1 Å². The molecule has 3 aliphatic heterocycles. The fraction of sp³-hybridized carbons (Fsp3) is 0.316. The predicted octanol–water partition coefficient (Wildman–Crippen LogP) is 13.3. The van der Waals surface area contributed by atoms with E-state index >= 15 is 0 Å². The van der Waals surface area contributed by atoms with Gasteiger partial charge in [0.15, 0.2) is 4.24 Å². The first-order chi connectivity index (χ1) is 49.9. The molecule has 414 valence electrons. The molecular weight excluding hydrogens is 1150 g/mol. The van der Waals surface area contributed by atoms with Crippen molar-refractivity contribution < 1.29 is 48.9 Å². The molecule has 0 bridgehead atoms. The van der Waals surface area contributed by atoms with Gasteiger partial charge in [-0.15, -0.1) is 34.0 Å². The Balaban J connectivity index is 0.000000172. The maximum absolute atomic E-state index is 14.2. The Kier molecular flexibility index (Phi) is 11.0. The van der Waals surface area contributed by atoms with Gasteiger partial charge in [0.2, 0.25) is 0 Å². The van der Waals surface area contributed by atoms with Crippen LogP contribution in [0.1, 0.15) is 103 Å². The molecule has 9 heterocycles. The van der Waals surface area contributed by atoms with Crippen LogP contribution in [-0.4, -0.2) is 102 Å². The molecule has 0 saturated carbocycles. The number of hydrogen-bond donors (Lipinski definition) is 3. The smallest absolute Gasteiger partial charge is 0.162 e. The van der Waals surface area contributed by atoms with E-state index < -0.39 is 164 Å². The molecule has 3 aromatic carbocycles. The third-order valence-electron chi connectivity index (χ3n) is 11.6. The van der Waals surface area contributed by atoms with Gasteiger partial charge in [-0.05, 0) is 110 Å². The van der Waals surface area contributed by atoms with Crippen LogP contribution in [0.15, 0.2) is 91.5 Å². The zero-order chi connectivity index (χ0) is 79.3. The topological polar surface area (TPSA) is 195 Å². The van der Waals surface area contributed by atoms with Gasteiger partial charge in [-0.1, -0.05) is 52.9 Å². The Labute approximate surface area is 529 Å². The third-order valence-corrected chi connectivity index (χ3v) is 15.1. The van der Waals surface area contributed by atoms with E-state index in [-0.39, 0.29) is 133 Å². The molecule has 12 rings (SSSR count). The summed E-state index contributed by atoms with van der Waals surface area (Å²) >= 11 is 21.0. The number of piperidine rings is 3. The number of nitrogens with one attached hydrogen (secondary N) is 3. The molecule has 81 heavy (non-hydrogen) atoms.